The minimum atomic E-state index is -0.589. The third kappa shape index (κ3) is 5.80. The van der Waals surface area contributed by atoms with Gasteiger partial charge in [-0.2, -0.15) is 0 Å². The Balaban J connectivity index is 1.53. The smallest absolute Gasteiger partial charge is 0.312 e. The van der Waals surface area contributed by atoms with Crippen molar-refractivity contribution in [3.63, 3.8) is 0 Å². The van der Waals surface area contributed by atoms with Crippen LogP contribution in [0.1, 0.15) is 27.0 Å². The van der Waals surface area contributed by atoms with Crippen molar-refractivity contribution in [3.8, 4) is 0 Å². The third-order valence-electron chi connectivity index (χ3n) is 4.41. The molecule has 0 unspecified atom stereocenters. The number of hydrogen-bond acceptors (Lipinski definition) is 3. The monoisotopic (exact) mass is 390 g/mol. The van der Waals surface area contributed by atoms with Gasteiger partial charge in [-0.1, -0.05) is 42.5 Å². The first kappa shape index (κ1) is 19.9. The van der Waals surface area contributed by atoms with Crippen LogP contribution >= 0.6 is 0 Å². The van der Waals surface area contributed by atoms with Crippen molar-refractivity contribution in [2.75, 3.05) is 0 Å². The maximum absolute atomic E-state index is 12.3. The molecule has 3 aromatic rings. The Kier molecular flexibility index (Phi) is 6.42. The third-order valence-corrected chi connectivity index (χ3v) is 4.41. The van der Waals surface area contributed by atoms with Crippen molar-refractivity contribution >= 4 is 11.9 Å². The molecule has 2 aromatic carbocycles. The molecular formula is C22H22N4O3. The number of benzene rings is 2. The predicted molar refractivity (Wildman–Crippen MR) is 110 cm³/mol. The van der Waals surface area contributed by atoms with E-state index in [2.05, 4.69) is 10.6 Å². The predicted octanol–water partition coefficient (Wildman–Crippen LogP) is 1.99. The van der Waals surface area contributed by atoms with E-state index in [4.69, 9.17) is 5.73 Å². The van der Waals surface area contributed by atoms with Crippen molar-refractivity contribution in [3.05, 3.63) is 106 Å². The summed E-state index contributed by atoms with van der Waals surface area (Å²) in [6.45, 7) is 1.22. The lowest BCUT2D eigenvalue weighted by Crippen LogP contribution is -2.28. The quantitative estimate of drug-likeness (QED) is 0.574. The summed E-state index contributed by atoms with van der Waals surface area (Å²) in [5, 5.41) is 5.38. The number of aromatic nitrogens is 1. The molecule has 3 rings (SSSR count). The zero-order valence-electron chi connectivity index (χ0n) is 15.8. The van der Waals surface area contributed by atoms with E-state index in [1.807, 2.05) is 30.3 Å². The van der Waals surface area contributed by atoms with Gasteiger partial charge in [0.15, 0.2) is 0 Å². The fourth-order valence-corrected chi connectivity index (χ4v) is 2.80. The molecule has 0 aliphatic rings. The molecule has 1 heterocycles. The van der Waals surface area contributed by atoms with Gasteiger partial charge >= 0.3 is 6.03 Å². The Morgan fingerprint density at radius 3 is 2.00 bits per heavy atom. The summed E-state index contributed by atoms with van der Waals surface area (Å²) >= 11 is 0. The van der Waals surface area contributed by atoms with Crippen LogP contribution in [-0.2, 0) is 19.6 Å². The number of urea groups is 1. The van der Waals surface area contributed by atoms with Crippen molar-refractivity contribution in [1.82, 2.24) is 15.2 Å². The van der Waals surface area contributed by atoms with Gasteiger partial charge in [-0.25, -0.2) is 4.79 Å². The number of carbonyl (C=O) groups excluding carboxylic acids is 2. The fraction of sp³-hybridized carbons (Fsp3) is 0.136. The fourth-order valence-electron chi connectivity index (χ4n) is 2.80. The molecule has 0 bridgehead atoms. The van der Waals surface area contributed by atoms with Gasteiger partial charge in [-0.05, 0) is 34.9 Å². The first-order chi connectivity index (χ1) is 14.0. The second kappa shape index (κ2) is 9.36. The van der Waals surface area contributed by atoms with Crippen LogP contribution in [0, 0.1) is 0 Å². The van der Waals surface area contributed by atoms with Crippen molar-refractivity contribution < 1.29 is 9.59 Å². The van der Waals surface area contributed by atoms with Gasteiger partial charge in [0.1, 0.15) is 0 Å². The normalized spacial score (nSPS) is 10.3. The highest BCUT2D eigenvalue weighted by Crippen LogP contribution is 2.08. The van der Waals surface area contributed by atoms with Crippen LogP contribution in [0.4, 0.5) is 4.79 Å². The molecule has 7 nitrogen and oxygen atoms in total. The minimum Gasteiger partial charge on any atom is -0.352 e. The van der Waals surface area contributed by atoms with E-state index in [1.54, 1.807) is 41.1 Å². The summed E-state index contributed by atoms with van der Waals surface area (Å²) in [6.07, 6.45) is 1.76. The number of pyridine rings is 1. The van der Waals surface area contributed by atoms with Crippen LogP contribution in [0.3, 0.4) is 0 Å². The second-order valence-electron chi connectivity index (χ2n) is 6.58. The van der Waals surface area contributed by atoms with E-state index >= 15 is 0 Å². The number of nitrogens with zero attached hydrogens (tertiary/aromatic N) is 1. The van der Waals surface area contributed by atoms with Gasteiger partial charge < -0.3 is 20.9 Å². The molecule has 0 saturated carbocycles. The molecule has 0 aliphatic heterocycles. The first-order valence-corrected chi connectivity index (χ1v) is 9.15. The van der Waals surface area contributed by atoms with Gasteiger partial charge in [-0.3, -0.25) is 9.59 Å². The first-order valence-electron chi connectivity index (χ1n) is 9.15. The Bertz CT molecular complexity index is 1040. The lowest BCUT2D eigenvalue weighted by molar-refractivity contribution is 0.0951. The lowest BCUT2D eigenvalue weighted by Gasteiger charge is -2.09. The highest BCUT2D eigenvalue weighted by molar-refractivity contribution is 5.94. The standard InChI is InChI=1S/C22H22N4O3/c23-22(29)25-14-17-8-10-19(11-9-17)21(28)24-13-16-4-6-18(7-5-16)15-26-12-2-1-3-20(26)27/h1-12H,13-15H2,(H,24,28)(H3,23,25,29). The summed E-state index contributed by atoms with van der Waals surface area (Å²) in [5.74, 6) is -0.181. The largest absolute Gasteiger partial charge is 0.352 e. The second-order valence-corrected chi connectivity index (χ2v) is 6.58. The molecular weight excluding hydrogens is 368 g/mol. The molecule has 29 heavy (non-hydrogen) atoms. The lowest BCUT2D eigenvalue weighted by atomic mass is 10.1. The van der Waals surface area contributed by atoms with Crippen LogP contribution in [0.25, 0.3) is 0 Å². The zero-order chi connectivity index (χ0) is 20.6. The van der Waals surface area contributed by atoms with Gasteiger partial charge in [0.25, 0.3) is 11.5 Å². The molecule has 0 aliphatic carbocycles. The number of carbonyl (C=O) groups is 2. The summed E-state index contributed by atoms with van der Waals surface area (Å²) in [4.78, 5) is 34.8. The maximum atomic E-state index is 12.3. The van der Waals surface area contributed by atoms with Crippen LogP contribution in [0.5, 0.6) is 0 Å². The van der Waals surface area contributed by atoms with E-state index in [0.717, 1.165) is 16.7 Å². The summed E-state index contributed by atoms with van der Waals surface area (Å²) in [5.41, 5.74) is 8.36. The molecule has 1 aromatic heterocycles. The van der Waals surface area contributed by atoms with Gasteiger partial charge in [0.05, 0.1) is 6.54 Å². The maximum Gasteiger partial charge on any atom is 0.312 e. The molecule has 0 atom stereocenters. The number of primary amides is 1. The summed E-state index contributed by atoms with van der Waals surface area (Å²) in [6, 6.07) is 19.2. The Morgan fingerprint density at radius 2 is 1.38 bits per heavy atom. The van der Waals surface area contributed by atoms with E-state index in [0.29, 0.717) is 25.2 Å². The van der Waals surface area contributed by atoms with E-state index in [1.165, 1.54) is 6.07 Å². The van der Waals surface area contributed by atoms with Gasteiger partial charge in [0.2, 0.25) is 0 Å². The van der Waals surface area contributed by atoms with Crippen LogP contribution in [0.15, 0.2) is 77.7 Å². The molecule has 7 heteroatoms. The Labute approximate surface area is 168 Å². The molecule has 3 amide bonds. The molecule has 0 spiro atoms. The summed E-state index contributed by atoms with van der Waals surface area (Å²) < 4.78 is 1.64. The topological polar surface area (TPSA) is 106 Å². The molecule has 148 valence electrons. The van der Waals surface area contributed by atoms with Crippen molar-refractivity contribution in [2.45, 2.75) is 19.6 Å². The van der Waals surface area contributed by atoms with Crippen LogP contribution < -0.4 is 21.9 Å². The van der Waals surface area contributed by atoms with Gasteiger partial charge in [0, 0.05) is 30.9 Å². The molecule has 4 N–H and O–H groups in total. The zero-order valence-corrected chi connectivity index (χ0v) is 15.8. The molecule has 0 fully saturated rings. The number of amides is 3. The SMILES string of the molecule is NC(=O)NCc1ccc(C(=O)NCc2ccc(Cn3ccccc3=O)cc2)cc1. The van der Waals surface area contributed by atoms with E-state index < -0.39 is 6.03 Å². The average molecular weight is 390 g/mol. The molecule has 0 radical (unpaired) electrons. The van der Waals surface area contributed by atoms with E-state index in [-0.39, 0.29) is 11.5 Å². The average Bonchev–Trinajstić information content (AvgIpc) is 2.73. The number of hydrogen-bond donors (Lipinski definition) is 3. The Morgan fingerprint density at radius 1 is 0.793 bits per heavy atom. The van der Waals surface area contributed by atoms with E-state index in [9.17, 15) is 14.4 Å². The Hall–Kier alpha value is -3.87. The van der Waals surface area contributed by atoms with Crippen LogP contribution in [0.2, 0.25) is 0 Å². The van der Waals surface area contributed by atoms with Crippen molar-refractivity contribution in [1.29, 1.82) is 0 Å². The number of nitrogens with one attached hydrogen (secondary N) is 2. The summed E-state index contributed by atoms with van der Waals surface area (Å²) in [7, 11) is 0. The van der Waals surface area contributed by atoms with Crippen LogP contribution in [-0.4, -0.2) is 16.5 Å². The number of nitrogens with two attached hydrogens (primary N) is 1. The minimum absolute atomic E-state index is 0.0414. The van der Waals surface area contributed by atoms with Crippen molar-refractivity contribution in [2.24, 2.45) is 5.73 Å². The van der Waals surface area contributed by atoms with Gasteiger partial charge in [-0.15, -0.1) is 0 Å². The highest BCUT2D eigenvalue weighted by atomic mass is 16.2. The number of rotatable bonds is 7. The highest BCUT2D eigenvalue weighted by Gasteiger charge is 2.06. The molecule has 0 saturated heterocycles.